The summed E-state index contributed by atoms with van der Waals surface area (Å²) in [6, 6.07) is 8.31. The molecule has 2 heterocycles. The molecule has 21 heavy (non-hydrogen) atoms. The SMILES string of the molecule is Cc1ncc(CN(C)C(=O)[C@@H]2SCCc3ccccc32)s1. The van der Waals surface area contributed by atoms with Crippen molar-refractivity contribution in [2.24, 2.45) is 0 Å². The molecule has 0 bridgehead atoms. The molecule has 0 N–H and O–H groups in total. The lowest BCUT2D eigenvalue weighted by molar-refractivity contribution is -0.129. The number of amides is 1. The van der Waals surface area contributed by atoms with Crippen molar-refractivity contribution < 1.29 is 4.79 Å². The second-order valence-electron chi connectivity index (χ2n) is 5.24. The topological polar surface area (TPSA) is 33.2 Å². The first-order chi connectivity index (χ1) is 10.1. The van der Waals surface area contributed by atoms with Crippen LogP contribution in [0.1, 0.15) is 26.3 Å². The summed E-state index contributed by atoms with van der Waals surface area (Å²) in [6.45, 7) is 2.63. The molecule has 110 valence electrons. The number of carbonyl (C=O) groups is 1. The van der Waals surface area contributed by atoms with Gasteiger partial charge >= 0.3 is 0 Å². The van der Waals surface area contributed by atoms with Crippen molar-refractivity contribution in [3.63, 3.8) is 0 Å². The number of aryl methyl sites for hydroxylation is 2. The van der Waals surface area contributed by atoms with Crippen LogP contribution < -0.4 is 0 Å². The van der Waals surface area contributed by atoms with Crippen molar-refractivity contribution in [1.29, 1.82) is 0 Å². The number of benzene rings is 1. The van der Waals surface area contributed by atoms with Crippen molar-refractivity contribution >= 4 is 29.0 Å². The van der Waals surface area contributed by atoms with Crippen molar-refractivity contribution in [2.45, 2.75) is 25.1 Å². The number of hydrogen-bond donors (Lipinski definition) is 0. The fourth-order valence-corrected chi connectivity index (χ4v) is 4.74. The molecule has 2 aromatic rings. The molecule has 3 rings (SSSR count). The van der Waals surface area contributed by atoms with E-state index in [1.165, 1.54) is 11.1 Å². The fourth-order valence-electron chi connectivity index (χ4n) is 2.59. The van der Waals surface area contributed by atoms with Gasteiger partial charge in [0.05, 0.1) is 11.6 Å². The van der Waals surface area contributed by atoms with E-state index in [2.05, 4.69) is 23.2 Å². The Hall–Kier alpha value is -1.33. The standard InChI is InChI=1S/C16H18N2OS2/c1-11-17-9-13(21-11)10-18(2)16(19)15-14-6-4-3-5-12(14)7-8-20-15/h3-6,9,15H,7-8,10H2,1-2H3/t15-/m1/s1. The number of hydrogen-bond acceptors (Lipinski definition) is 4. The lowest BCUT2D eigenvalue weighted by Crippen LogP contribution is -2.31. The van der Waals surface area contributed by atoms with Gasteiger partial charge < -0.3 is 4.90 Å². The number of rotatable bonds is 3. The van der Waals surface area contributed by atoms with Crippen LogP contribution in [0, 0.1) is 6.92 Å². The van der Waals surface area contributed by atoms with Crippen LogP contribution in [0.5, 0.6) is 0 Å². The molecule has 0 unspecified atom stereocenters. The number of likely N-dealkylation sites (N-methyl/N-ethyl adjacent to an activating group) is 1. The van der Waals surface area contributed by atoms with E-state index >= 15 is 0 Å². The summed E-state index contributed by atoms with van der Waals surface area (Å²) in [7, 11) is 1.88. The predicted octanol–water partition coefficient (Wildman–Crippen LogP) is 3.44. The van der Waals surface area contributed by atoms with Crippen LogP contribution >= 0.6 is 23.1 Å². The molecule has 3 nitrogen and oxygen atoms in total. The van der Waals surface area contributed by atoms with E-state index in [0.29, 0.717) is 6.54 Å². The Balaban J connectivity index is 1.76. The monoisotopic (exact) mass is 318 g/mol. The molecule has 1 aliphatic heterocycles. The van der Waals surface area contributed by atoms with Gasteiger partial charge in [0.25, 0.3) is 0 Å². The van der Waals surface area contributed by atoms with E-state index < -0.39 is 0 Å². The first-order valence-electron chi connectivity index (χ1n) is 7.01. The molecule has 0 saturated heterocycles. The third-order valence-electron chi connectivity index (χ3n) is 3.66. The lowest BCUT2D eigenvalue weighted by Gasteiger charge is -2.28. The van der Waals surface area contributed by atoms with Crippen molar-refractivity contribution in [1.82, 2.24) is 9.88 Å². The largest absolute Gasteiger partial charge is 0.339 e. The highest BCUT2D eigenvalue weighted by Gasteiger charge is 2.29. The number of carbonyl (C=O) groups excluding carboxylic acids is 1. The van der Waals surface area contributed by atoms with Gasteiger partial charge in [-0.15, -0.1) is 23.1 Å². The first kappa shape index (κ1) is 14.6. The minimum Gasteiger partial charge on any atom is -0.339 e. The molecule has 0 aliphatic carbocycles. The van der Waals surface area contributed by atoms with Gasteiger partial charge in [0.15, 0.2) is 0 Å². The summed E-state index contributed by atoms with van der Waals surface area (Å²) in [5, 5.41) is 0.984. The molecular weight excluding hydrogens is 300 g/mol. The van der Waals surface area contributed by atoms with Gasteiger partial charge in [0.2, 0.25) is 5.91 Å². The zero-order valence-electron chi connectivity index (χ0n) is 12.2. The van der Waals surface area contributed by atoms with E-state index in [0.717, 1.165) is 22.1 Å². The summed E-state index contributed by atoms with van der Waals surface area (Å²) >= 11 is 3.41. The third-order valence-corrected chi connectivity index (χ3v) is 5.78. The van der Waals surface area contributed by atoms with Gasteiger partial charge in [-0.25, -0.2) is 4.98 Å². The summed E-state index contributed by atoms with van der Waals surface area (Å²) in [5.41, 5.74) is 2.50. The number of fused-ring (bicyclic) bond motifs is 1. The van der Waals surface area contributed by atoms with Gasteiger partial charge in [-0.2, -0.15) is 0 Å². The molecule has 1 aromatic heterocycles. The molecule has 5 heteroatoms. The average molecular weight is 318 g/mol. The number of aromatic nitrogens is 1. The van der Waals surface area contributed by atoms with E-state index in [1.807, 2.05) is 31.1 Å². The normalized spacial score (nSPS) is 17.3. The van der Waals surface area contributed by atoms with Crippen LogP contribution in [0.15, 0.2) is 30.5 Å². The van der Waals surface area contributed by atoms with E-state index in [1.54, 1.807) is 23.1 Å². The van der Waals surface area contributed by atoms with Crippen LogP contribution in [0.2, 0.25) is 0 Å². The highest BCUT2D eigenvalue weighted by Crippen LogP contribution is 2.38. The average Bonchev–Trinajstić information content (AvgIpc) is 2.91. The van der Waals surface area contributed by atoms with Crippen molar-refractivity contribution in [3.05, 3.63) is 51.5 Å². The highest BCUT2D eigenvalue weighted by atomic mass is 32.2. The summed E-state index contributed by atoms with van der Waals surface area (Å²) in [6.07, 6.45) is 2.92. The van der Waals surface area contributed by atoms with E-state index in [9.17, 15) is 4.79 Å². The number of thiazole rings is 1. The van der Waals surface area contributed by atoms with Crippen LogP contribution in [0.3, 0.4) is 0 Å². The van der Waals surface area contributed by atoms with E-state index in [4.69, 9.17) is 0 Å². The first-order valence-corrected chi connectivity index (χ1v) is 8.87. The Morgan fingerprint density at radius 3 is 3.00 bits per heavy atom. The maximum Gasteiger partial charge on any atom is 0.240 e. The zero-order valence-corrected chi connectivity index (χ0v) is 13.8. The van der Waals surface area contributed by atoms with Crippen molar-refractivity contribution in [2.75, 3.05) is 12.8 Å². The second kappa shape index (κ2) is 6.20. The van der Waals surface area contributed by atoms with Gasteiger partial charge in [0.1, 0.15) is 5.25 Å². The molecule has 1 amide bonds. The molecule has 0 radical (unpaired) electrons. The molecule has 0 spiro atoms. The van der Waals surface area contributed by atoms with Gasteiger partial charge in [-0.1, -0.05) is 24.3 Å². The Morgan fingerprint density at radius 2 is 2.24 bits per heavy atom. The molecule has 1 aromatic carbocycles. The Bertz CT molecular complexity index is 653. The van der Waals surface area contributed by atoms with Crippen LogP contribution in [-0.4, -0.2) is 28.6 Å². The Labute approximate surface area is 133 Å². The minimum atomic E-state index is -0.0611. The molecule has 1 atom stereocenters. The summed E-state index contributed by atoms with van der Waals surface area (Å²) in [4.78, 5) is 20.0. The fraction of sp³-hybridized carbons (Fsp3) is 0.375. The number of nitrogens with zero attached hydrogens (tertiary/aromatic N) is 2. The van der Waals surface area contributed by atoms with Gasteiger partial charge in [-0.3, -0.25) is 4.79 Å². The molecule has 1 aliphatic rings. The maximum atomic E-state index is 12.8. The summed E-state index contributed by atoms with van der Waals surface area (Å²) < 4.78 is 0. The molecular formula is C16H18N2OS2. The Kier molecular flexibility index (Phi) is 4.31. The predicted molar refractivity (Wildman–Crippen MR) is 88.7 cm³/mol. The summed E-state index contributed by atoms with van der Waals surface area (Å²) in [5.74, 6) is 1.21. The smallest absolute Gasteiger partial charge is 0.240 e. The zero-order chi connectivity index (χ0) is 14.8. The maximum absolute atomic E-state index is 12.8. The van der Waals surface area contributed by atoms with Crippen LogP contribution in [0.4, 0.5) is 0 Å². The number of thioether (sulfide) groups is 1. The Morgan fingerprint density at radius 1 is 1.43 bits per heavy atom. The van der Waals surface area contributed by atoms with Crippen molar-refractivity contribution in [3.8, 4) is 0 Å². The lowest BCUT2D eigenvalue weighted by atomic mass is 10.0. The van der Waals surface area contributed by atoms with Crippen LogP contribution in [-0.2, 0) is 17.8 Å². The van der Waals surface area contributed by atoms with Crippen LogP contribution in [0.25, 0.3) is 0 Å². The highest BCUT2D eigenvalue weighted by molar-refractivity contribution is 8.00. The van der Waals surface area contributed by atoms with E-state index in [-0.39, 0.29) is 11.2 Å². The second-order valence-corrected chi connectivity index (χ2v) is 7.77. The minimum absolute atomic E-state index is 0.0611. The van der Waals surface area contributed by atoms with Gasteiger partial charge in [0, 0.05) is 18.1 Å². The molecule has 0 saturated carbocycles. The van der Waals surface area contributed by atoms with Gasteiger partial charge in [-0.05, 0) is 30.2 Å². The quantitative estimate of drug-likeness (QED) is 0.869. The molecule has 0 fully saturated rings. The third kappa shape index (κ3) is 3.14.